The number of aromatic amines is 1. The van der Waals surface area contributed by atoms with Crippen molar-refractivity contribution in [2.24, 2.45) is 5.18 Å². The summed E-state index contributed by atoms with van der Waals surface area (Å²) in [4.78, 5) is 26.3. The molecule has 90 valence electrons. The van der Waals surface area contributed by atoms with Gasteiger partial charge in [0.2, 0.25) is 11.5 Å². The Morgan fingerprint density at radius 2 is 2.06 bits per heavy atom. The highest BCUT2D eigenvalue weighted by Gasteiger charge is 2.37. The third-order valence-corrected chi connectivity index (χ3v) is 1.86. The predicted molar refractivity (Wildman–Crippen MR) is 48.5 cm³/mol. The van der Waals surface area contributed by atoms with Crippen molar-refractivity contribution in [2.45, 2.75) is 6.18 Å². The number of halogens is 3. The Morgan fingerprint density at radius 1 is 1.41 bits per heavy atom. The van der Waals surface area contributed by atoms with Crippen molar-refractivity contribution in [3.05, 3.63) is 21.1 Å². The van der Waals surface area contributed by atoms with Crippen molar-refractivity contribution in [1.29, 1.82) is 0 Å². The fourth-order valence-electron chi connectivity index (χ4n) is 1.15. The molecule has 0 amide bonds. The van der Waals surface area contributed by atoms with Crippen molar-refractivity contribution >= 4 is 17.3 Å². The Bertz CT molecular complexity index is 656. The van der Waals surface area contributed by atoms with Gasteiger partial charge in [0.25, 0.3) is 11.4 Å². The Labute approximate surface area is 89.2 Å². The molecule has 0 bridgehead atoms. The van der Waals surface area contributed by atoms with Crippen molar-refractivity contribution < 1.29 is 13.2 Å². The Balaban J connectivity index is 2.83. The lowest BCUT2D eigenvalue weighted by atomic mass is 10.5. The smallest absolute Gasteiger partial charge is 0.381 e. The van der Waals surface area contributed by atoms with Gasteiger partial charge in [-0.1, -0.05) is 0 Å². The van der Waals surface area contributed by atoms with Gasteiger partial charge in [-0.2, -0.15) is 22.7 Å². The molecule has 0 spiro atoms. The zero-order valence-electron chi connectivity index (χ0n) is 7.82. The molecule has 0 unspecified atom stereocenters. The van der Waals surface area contributed by atoms with Gasteiger partial charge >= 0.3 is 6.18 Å². The van der Waals surface area contributed by atoms with Gasteiger partial charge in [0.15, 0.2) is 5.82 Å². The number of nitroso groups, excluding NO2 is 1. The van der Waals surface area contributed by atoms with E-state index in [2.05, 4.69) is 15.3 Å². The van der Waals surface area contributed by atoms with Crippen LogP contribution in [0.25, 0.3) is 5.78 Å². The third-order valence-electron chi connectivity index (χ3n) is 1.86. The maximum Gasteiger partial charge on any atom is 0.453 e. The predicted octanol–water partition coefficient (Wildman–Crippen LogP) is 0.417. The number of fused-ring (bicyclic) bond motifs is 1. The Kier molecular flexibility index (Phi) is 2.12. The lowest BCUT2D eigenvalue weighted by molar-refractivity contribution is -0.144. The summed E-state index contributed by atoms with van der Waals surface area (Å²) in [5, 5.41) is 5.32. The minimum atomic E-state index is -4.79. The largest absolute Gasteiger partial charge is 0.453 e. The van der Waals surface area contributed by atoms with E-state index < -0.39 is 34.8 Å². The van der Waals surface area contributed by atoms with Gasteiger partial charge in [-0.05, 0) is 5.18 Å². The molecule has 0 aliphatic rings. The topological polar surface area (TPSA) is 118 Å². The minimum Gasteiger partial charge on any atom is -0.381 e. The van der Waals surface area contributed by atoms with Gasteiger partial charge in [-0.25, -0.2) is 0 Å². The number of hydrogen-bond donors (Lipinski definition) is 2. The lowest BCUT2D eigenvalue weighted by Crippen LogP contribution is -2.13. The molecule has 0 saturated carbocycles. The molecule has 8 nitrogen and oxygen atoms in total. The van der Waals surface area contributed by atoms with Gasteiger partial charge in [-0.3, -0.25) is 9.78 Å². The fourth-order valence-corrected chi connectivity index (χ4v) is 1.15. The van der Waals surface area contributed by atoms with Crippen LogP contribution >= 0.6 is 0 Å². The van der Waals surface area contributed by atoms with Crippen molar-refractivity contribution in [1.82, 2.24) is 19.6 Å². The SMILES string of the molecule is Nc1c(N=O)c(=O)[nH]c2nc(C(F)(F)F)nn12. The first kappa shape index (κ1) is 11.0. The van der Waals surface area contributed by atoms with Crippen LogP contribution in [0, 0.1) is 4.91 Å². The number of aromatic nitrogens is 4. The number of rotatable bonds is 1. The van der Waals surface area contributed by atoms with E-state index in [0.29, 0.717) is 4.52 Å². The van der Waals surface area contributed by atoms with Crippen LogP contribution in [-0.2, 0) is 6.18 Å². The van der Waals surface area contributed by atoms with E-state index in [4.69, 9.17) is 5.73 Å². The molecule has 0 aliphatic carbocycles. The molecule has 0 fully saturated rings. The van der Waals surface area contributed by atoms with E-state index in [1.807, 2.05) is 4.98 Å². The van der Waals surface area contributed by atoms with Crippen LogP contribution in [-0.4, -0.2) is 19.6 Å². The van der Waals surface area contributed by atoms with Crippen LogP contribution < -0.4 is 11.3 Å². The standard InChI is InChI=1S/C6H3F3N6O2/c7-6(8,9)4-12-5-11-3(16)1(14-17)2(10)15(5)13-4/h10H2,(H,11,12,13,16). The maximum atomic E-state index is 12.3. The highest BCUT2D eigenvalue weighted by atomic mass is 19.4. The Morgan fingerprint density at radius 3 is 2.59 bits per heavy atom. The summed E-state index contributed by atoms with van der Waals surface area (Å²) in [6.45, 7) is 0. The van der Waals surface area contributed by atoms with Gasteiger partial charge in [-0.15, -0.1) is 10.0 Å². The molecule has 3 N–H and O–H groups in total. The van der Waals surface area contributed by atoms with E-state index in [1.54, 1.807) is 0 Å². The van der Waals surface area contributed by atoms with Gasteiger partial charge in [0.05, 0.1) is 0 Å². The van der Waals surface area contributed by atoms with Gasteiger partial charge in [0.1, 0.15) is 0 Å². The average molecular weight is 248 g/mol. The third kappa shape index (κ3) is 1.60. The number of H-pyrrole nitrogens is 1. The molecule has 0 aromatic carbocycles. The van der Waals surface area contributed by atoms with E-state index in [0.717, 1.165) is 0 Å². The number of anilines is 1. The minimum absolute atomic E-state index is 0.487. The van der Waals surface area contributed by atoms with E-state index >= 15 is 0 Å². The van der Waals surface area contributed by atoms with E-state index in [1.165, 1.54) is 0 Å². The molecule has 0 atom stereocenters. The number of alkyl halides is 3. The van der Waals surface area contributed by atoms with E-state index in [-0.39, 0.29) is 0 Å². The highest BCUT2D eigenvalue weighted by molar-refractivity contribution is 5.59. The second kappa shape index (κ2) is 3.26. The maximum absolute atomic E-state index is 12.3. The number of nitrogens with two attached hydrogens (primary N) is 1. The first-order valence-electron chi connectivity index (χ1n) is 4.03. The monoisotopic (exact) mass is 248 g/mol. The van der Waals surface area contributed by atoms with Crippen LogP contribution in [0.2, 0.25) is 0 Å². The normalized spacial score (nSPS) is 11.9. The van der Waals surface area contributed by atoms with Gasteiger partial charge in [0, 0.05) is 0 Å². The summed E-state index contributed by atoms with van der Waals surface area (Å²) in [5.41, 5.74) is 3.48. The average Bonchev–Trinajstić information content (AvgIpc) is 2.61. The molecule has 0 saturated heterocycles. The van der Waals surface area contributed by atoms with Gasteiger partial charge < -0.3 is 5.73 Å². The van der Waals surface area contributed by atoms with Crippen LogP contribution in [0.15, 0.2) is 9.97 Å². The van der Waals surface area contributed by atoms with Crippen molar-refractivity contribution in [2.75, 3.05) is 5.73 Å². The summed E-state index contributed by atoms with van der Waals surface area (Å²) in [7, 11) is 0. The Hall–Kier alpha value is -2.46. The summed E-state index contributed by atoms with van der Waals surface area (Å²) < 4.78 is 37.3. The zero-order chi connectivity index (χ0) is 12.8. The first-order valence-corrected chi connectivity index (χ1v) is 4.03. The summed E-state index contributed by atoms with van der Waals surface area (Å²) in [6.07, 6.45) is -4.79. The number of hydrogen-bond acceptors (Lipinski definition) is 6. The molecule has 0 aliphatic heterocycles. The number of nitrogen functional groups attached to an aromatic ring is 1. The first-order chi connectivity index (χ1) is 7.84. The fraction of sp³-hybridized carbons (Fsp3) is 0.167. The molecular weight excluding hydrogens is 245 g/mol. The molecule has 2 heterocycles. The summed E-state index contributed by atoms with van der Waals surface area (Å²) in [5.74, 6) is -2.61. The molecule has 2 aromatic rings. The lowest BCUT2D eigenvalue weighted by Gasteiger charge is -1.98. The highest BCUT2D eigenvalue weighted by Crippen LogP contribution is 2.27. The van der Waals surface area contributed by atoms with Crippen molar-refractivity contribution in [3.8, 4) is 0 Å². The molecule has 2 aromatic heterocycles. The molecular formula is C6H3F3N6O2. The molecule has 17 heavy (non-hydrogen) atoms. The molecule has 0 radical (unpaired) electrons. The van der Waals surface area contributed by atoms with Crippen LogP contribution in [0.4, 0.5) is 24.7 Å². The second-order valence-electron chi connectivity index (χ2n) is 2.95. The van der Waals surface area contributed by atoms with Crippen LogP contribution in [0.5, 0.6) is 0 Å². The molecule has 2 rings (SSSR count). The summed E-state index contributed by atoms with van der Waals surface area (Å²) in [6, 6.07) is 0. The quantitative estimate of drug-likeness (QED) is 0.708. The number of nitrogens with zero attached hydrogens (tertiary/aromatic N) is 4. The van der Waals surface area contributed by atoms with Crippen LogP contribution in [0.3, 0.4) is 0 Å². The zero-order valence-corrected chi connectivity index (χ0v) is 7.82. The summed E-state index contributed by atoms with van der Waals surface area (Å²) >= 11 is 0. The second-order valence-corrected chi connectivity index (χ2v) is 2.95. The van der Waals surface area contributed by atoms with Crippen molar-refractivity contribution in [3.63, 3.8) is 0 Å². The van der Waals surface area contributed by atoms with Crippen LogP contribution in [0.1, 0.15) is 5.82 Å². The molecule has 11 heteroatoms. The van der Waals surface area contributed by atoms with E-state index in [9.17, 15) is 22.9 Å². The number of nitrogens with one attached hydrogen (secondary N) is 1.